The second kappa shape index (κ2) is 8.69. The molecule has 26 heavy (non-hydrogen) atoms. The number of hydrogen-bond donors (Lipinski definition) is 2. The molecule has 1 fully saturated rings. The van der Waals surface area contributed by atoms with E-state index >= 15 is 0 Å². The minimum absolute atomic E-state index is 0.140. The fourth-order valence-electron chi connectivity index (χ4n) is 2.53. The van der Waals surface area contributed by atoms with Crippen molar-refractivity contribution in [2.45, 2.75) is 18.9 Å². The Hall–Kier alpha value is -2.57. The first-order chi connectivity index (χ1) is 12.6. The largest absolute Gasteiger partial charge is 0.491 e. The van der Waals surface area contributed by atoms with Gasteiger partial charge >= 0.3 is 0 Å². The normalized spacial score (nSPS) is 16.1. The molecular weight excluding hydrogens is 356 g/mol. The van der Waals surface area contributed by atoms with Crippen molar-refractivity contribution in [3.8, 4) is 5.75 Å². The van der Waals surface area contributed by atoms with Crippen LogP contribution in [0.25, 0.3) is 0 Å². The highest BCUT2D eigenvalue weighted by Crippen LogP contribution is 2.16. The molecule has 1 atom stereocenters. The van der Waals surface area contributed by atoms with Crippen LogP contribution in [0.15, 0.2) is 48.5 Å². The van der Waals surface area contributed by atoms with Gasteiger partial charge in [-0.1, -0.05) is 11.6 Å². The third kappa shape index (κ3) is 4.97. The van der Waals surface area contributed by atoms with E-state index in [1.807, 2.05) is 0 Å². The van der Waals surface area contributed by atoms with Gasteiger partial charge in [-0.05, 0) is 61.4 Å². The Morgan fingerprint density at radius 2 is 1.58 bits per heavy atom. The smallest absolute Gasteiger partial charge is 0.269 e. The van der Waals surface area contributed by atoms with Gasteiger partial charge in [-0.15, -0.1) is 0 Å². The van der Waals surface area contributed by atoms with Crippen LogP contribution in [0.1, 0.15) is 33.6 Å². The molecule has 1 heterocycles. The molecule has 3 rings (SSSR count). The molecule has 2 N–H and O–H groups in total. The molecule has 0 unspecified atom stereocenters. The lowest BCUT2D eigenvalue weighted by molar-refractivity contribution is 0.0679. The number of hydrazine groups is 1. The fourth-order valence-corrected chi connectivity index (χ4v) is 2.65. The maximum absolute atomic E-state index is 12.1. The van der Waals surface area contributed by atoms with Gasteiger partial charge in [0.25, 0.3) is 11.8 Å². The summed E-state index contributed by atoms with van der Waals surface area (Å²) in [4.78, 5) is 24.1. The minimum atomic E-state index is -0.425. The molecule has 136 valence electrons. The van der Waals surface area contributed by atoms with E-state index in [2.05, 4.69) is 10.9 Å². The van der Waals surface area contributed by atoms with Gasteiger partial charge < -0.3 is 9.47 Å². The van der Waals surface area contributed by atoms with Gasteiger partial charge in [0.05, 0.1) is 6.10 Å². The Bertz CT molecular complexity index is 756. The van der Waals surface area contributed by atoms with Gasteiger partial charge in [-0.3, -0.25) is 20.4 Å². The zero-order chi connectivity index (χ0) is 18.4. The number of ether oxygens (including phenoxy) is 2. The second-order valence-electron chi connectivity index (χ2n) is 5.89. The lowest BCUT2D eigenvalue weighted by Crippen LogP contribution is -2.41. The lowest BCUT2D eigenvalue weighted by Gasteiger charge is -2.12. The average Bonchev–Trinajstić information content (AvgIpc) is 3.19. The van der Waals surface area contributed by atoms with E-state index in [-0.39, 0.29) is 6.10 Å². The summed E-state index contributed by atoms with van der Waals surface area (Å²) >= 11 is 5.78. The van der Waals surface area contributed by atoms with E-state index in [0.717, 1.165) is 19.4 Å². The molecule has 2 aromatic carbocycles. The molecule has 0 spiro atoms. The summed E-state index contributed by atoms with van der Waals surface area (Å²) in [5.74, 6) is -0.174. The first-order valence-electron chi connectivity index (χ1n) is 8.32. The van der Waals surface area contributed by atoms with Crippen molar-refractivity contribution in [3.63, 3.8) is 0 Å². The average molecular weight is 375 g/mol. The van der Waals surface area contributed by atoms with Crippen molar-refractivity contribution >= 4 is 23.4 Å². The Morgan fingerprint density at radius 3 is 2.12 bits per heavy atom. The predicted molar refractivity (Wildman–Crippen MR) is 97.3 cm³/mol. The Balaban J connectivity index is 1.48. The number of halogens is 1. The van der Waals surface area contributed by atoms with E-state index in [1.165, 1.54) is 0 Å². The van der Waals surface area contributed by atoms with Crippen LogP contribution >= 0.6 is 11.6 Å². The van der Waals surface area contributed by atoms with Crippen LogP contribution in [-0.4, -0.2) is 31.1 Å². The summed E-state index contributed by atoms with van der Waals surface area (Å²) in [6.07, 6.45) is 2.21. The summed E-state index contributed by atoms with van der Waals surface area (Å²) in [7, 11) is 0. The van der Waals surface area contributed by atoms with Crippen LogP contribution in [0, 0.1) is 0 Å². The van der Waals surface area contributed by atoms with Gasteiger partial charge in [0.2, 0.25) is 0 Å². The second-order valence-corrected chi connectivity index (χ2v) is 6.32. The topological polar surface area (TPSA) is 76.7 Å². The van der Waals surface area contributed by atoms with Gasteiger partial charge in [0, 0.05) is 22.8 Å². The van der Waals surface area contributed by atoms with Crippen LogP contribution < -0.4 is 15.6 Å². The number of amides is 2. The maximum Gasteiger partial charge on any atom is 0.269 e. The van der Waals surface area contributed by atoms with Crippen molar-refractivity contribution in [2.75, 3.05) is 13.2 Å². The van der Waals surface area contributed by atoms with Crippen LogP contribution in [0.3, 0.4) is 0 Å². The standard InChI is InChI=1S/C19H19ClN2O4/c20-15-7-3-13(4-8-15)18(23)21-22-19(24)14-5-9-16(10-6-14)26-12-17-2-1-11-25-17/h3-10,17H,1-2,11-12H2,(H,21,23)(H,22,24)/t17-/m1/s1. The van der Waals surface area contributed by atoms with E-state index < -0.39 is 11.8 Å². The maximum atomic E-state index is 12.1. The van der Waals surface area contributed by atoms with E-state index in [0.29, 0.717) is 28.5 Å². The number of hydrogen-bond acceptors (Lipinski definition) is 4. The molecule has 0 aromatic heterocycles. The van der Waals surface area contributed by atoms with Crippen LogP contribution in [0.5, 0.6) is 5.75 Å². The molecule has 0 bridgehead atoms. The highest BCUT2D eigenvalue weighted by atomic mass is 35.5. The van der Waals surface area contributed by atoms with Crippen molar-refractivity contribution in [3.05, 3.63) is 64.7 Å². The van der Waals surface area contributed by atoms with Crippen molar-refractivity contribution in [1.29, 1.82) is 0 Å². The molecule has 1 saturated heterocycles. The lowest BCUT2D eigenvalue weighted by atomic mass is 10.2. The monoisotopic (exact) mass is 374 g/mol. The summed E-state index contributed by atoms with van der Waals surface area (Å²) in [6, 6.07) is 13.0. The molecule has 0 aliphatic carbocycles. The molecule has 2 amide bonds. The van der Waals surface area contributed by atoms with Crippen LogP contribution in [0.4, 0.5) is 0 Å². The molecule has 0 radical (unpaired) electrons. The Morgan fingerprint density at radius 1 is 1.00 bits per heavy atom. The molecular formula is C19H19ClN2O4. The number of rotatable bonds is 5. The first kappa shape index (κ1) is 18.2. The minimum Gasteiger partial charge on any atom is -0.491 e. The Kier molecular flexibility index (Phi) is 6.09. The highest BCUT2D eigenvalue weighted by Gasteiger charge is 2.16. The number of carbonyl (C=O) groups is 2. The quantitative estimate of drug-likeness (QED) is 0.789. The van der Waals surface area contributed by atoms with Gasteiger partial charge in [-0.25, -0.2) is 0 Å². The molecule has 0 saturated carbocycles. The molecule has 7 heteroatoms. The first-order valence-corrected chi connectivity index (χ1v) is 8.70. The zero-order valence-electron chi connectivity index (χ0n) is 14.0. The van der Waals surface area contributed by atoms with E-state index in [1.54, 1.807) is 48.5 Å². The van der Waals surface area contributed by atoms with Crippen molar-refractivity contribution < 1.29 is 19.1 Å². The molecule has 6 nitrogen and oxygen atoms in total. The summed E-state index contributed by atoms with van der Waals surface area (Å²) in [5.41, 5.74) is 5.54. The predicted octanol–water partition coefficient (Wildman–Crippen LogP) is 2.97. The third-order valence-corrected chi connectivity index (χ3v) is 4.22. The molecule has 2 aromatic rings. The SMILES string of the molecule is O=C(NNC(=O)c1ccc(OC[C@H]2CCCO2)cc1)c1ccc(Cl)cc1. The van der Waals surface area contributed by atoms with Gasteiger partial charge in [0.15, 0.2) is 0 Å². The summed E-state index contributed by atoms with van der Waals surface area (Å²) < 4.78 is 11.2. The number of benzene rings is 2. The van der Waals surface area contributed by atoms with Crippen molar-refractivity contribution in [2.24, 2.45) is 0 Å². The van der Waals surface area contributed by atoms with Gasteiger partial charge in [-0.2, -0.15) is 0 Å². The fraction of sp³-hybridized carbons (Fsp3) is 0.263. The van der Waals surface area contributed by atoms with Crippen LogP contribution in [0.2, 0.25) is 5.02 Å². The zero-order valence-corrected chi connectivity index (χ0v) is 14.8. The molecule has 1 aliphatic heterocycles. The van der Waals surface area contributed by atoms with E-state index in [9.17, 15) is 9.59 Å². The molecule has 1 aliphatic rings. The Labute approximate surface area is 156 Å². The summed E-state index contributed by atoms with van der Waals surface area (Å²) in [6.45, 7) is 1.29. The number of carbonyl (C=O) groups excluding carboxylic acids is 2. The van der Waals surface area contributed by atoms with Crippen molar-refractivity contribution in [1.82, 2.24) is 10.9 Å². The number of nitrogens with one attached hydrogen (secondary N) is 2. The van der Waals surface area contributed by atoms with E-state index in [4.69, 9.17) is 21.1 Å². The third-order valence-electron chi connectivity index (χ3n) is 3.97. The highest BCUT2D eigenvalue weighted by molar-refractivity contribution is 6.30. The summed E-state index contributed by atoms with van der Waals surface area (Å²) in [5, 5.41) is 0.535. The van der Waals surface area contributed by atoms with Crippen LogP contribution in [-0.2, 0) is 4.74 Å². The van der Waals surface area contributed by atoms with Gasteiger partial charge in [0.1, 0.15) is 12.4 Å².